The SMILES string of the molecule is Cl.NC1CSC(C2C3CC4CC(C3)CC2C4)SC1. The van der Waals surface area contributed by atoms with Gasteiger partial charge in [-0.1, -0.05) is 0 Å². The van der Waals surface area contributed by atoms with Crippen molar-refractivity contribution >= 4 is 35.9 Å². The van der Waals surface area contributed by atoms with Crippen LogP contribution in [0.5, 0.6) is 0 Å². The number of rotatable bonds is 1. The highest BCUT2D eigenvalue weighted by Gasteiger charge is 2.51. The third kappa shape index (κ3) is 2.34. The van der Waals surface area contributed by atoms with Gasteiger partial charge in [0, 0.05) is 17.5 Å². The van der Waals surface area contributed by atoms with Crippen LogP contribution < -0.4 is 5.73 Å². The van der Waals surface area contributed by atoms with Gasteiger partial charge in [0.15, 0.2) is 0 Å². The van der Waals surface area contributed by atoms with Crippen LogP contribution in [-0.4, -0.2) is 22.1 Å². The first-order valence-corrected chi connectivity index (χ1v) is 9.38. The quantitative estimate of drug-likeness (QED) is 0.801. The van der Waals surface area contributed by atoms with E-state index < -0.39 is 0 Å². The molecule has 0 unspecified atom stereocenters. The number of hydrogen-bond donors (Lipinski definition) is 1. The molecule has 0 aromatic carbocycles. The van der Waals surface area contributed by atoms with Crippen LogP contribution in [0.15, 0.2) is 0 Å². The molecule has 1 heterocycles. The Hall–Kier alpha value is 0.950. The Labute approximate surface area is 125 Å². The van der Waals surface area contributed by atoms with Crippen molar-refractivity contribution in [3.63, 3.8) is 0 Å². The van der Waals surface area contributed by atoms with Gasteiger partial charge in [0.2, 0.25) is 0 Å². The molecule has 4 heteroatoms. The van der Waals surface area contributed by atoms with E-state index >= 15 is 0 Å². The lowest BCUT2D eigenvalue weighted by Gasteiger charge is -2.56. The fraction of sp³-hybridized carbons (Fsp3) is 1.00. The molecule has 0 amide bonds. The van der Waals surface area contributed by atoms with E-state index in [-0.39, 0.29) is 12.4 Å². The smallest absolute Gasteiger partial charge is 0.0537 e. The second kappa shape index (κ2) is 5.38. The Morgan fingerprint density at radius 2 is 1.28 bits per heavy atom. The molecule has 0 atom stereocenters. The average Bonchev–Trinajstić information content (AvgIpc) is 2.30. The first-order valence-electron chi connectivity index (χ1n) is 7.28. The zero-order chi connectivity index (χ0) is 11.4. The highest BCUT2D eigenvalue weighted by molar-refractivity contribution is 8.17. The van der Waals surface area contributed by atoms with E-state index in [2.05, 4.69) is 23.5 Å². The molecule has 0 radical (unpaired) electrons. The molecule has 2 N–H and O–H groups in total. The molecule has 0 aromatic heterocycles. The molecular formula is C14H24ClNS2. The minimum atomic E-state index is 0. The van der Waals surface area contributed by atoms with E-state index in [1.54, 1.807) is 32.1 Å². The lowest BCUT2D eigenvalue weighted by Crippen LogP contribution is -2.49. The molecule has 5 rings (SSSR count). The molecule has 18 heavy (non-hydrogen) atoms. The molecule has 4 aliphatic carbocycles. The van der Waals surface area contributed by atoms with Crippen molar-refractivity contribution in [2.45, 2.75) is 42.7 Å². The zero-order valence-electron chi connectivity index (χ0n) is 10.8. The van der Waals surface area contributed by atoms with Crippen molar-refractivity contribution in [3.05, 3.63) is 0 Å². The fourth-order valence-corrected chi connectivity index (χ4v) is 8.62. The minimum Gasteiger partial charge on any atom is -0.326 e. The highest BCUT2D eigenvalue weighted by Crippen LogP contribution is 2.60. The summed E-state index contributed by atoms with van der Waals surface area (Å²) in [6.45, 7) is 0. The van der Waals surface area contributed by atoms with E-state index in [0.717, 1.165) is 34.2 Å². The average molecular weight is 306 g/mol. The van der Waals surface area contributed by atoms with Gasteiger partial charge in [-0.3, -0.25) is 0 Å². The topological polar surface area (TPSA) is 26.0 Å². The summed E-state index contributed by atoms with van der Waals surface area (Å²) in [5.41, 5.74) is 6.03. The van der Waals surface area contributed by atoms with Gasteiger partial charge in [-0.2, -0.15) is 0 Å². The number of hydrogen-bond acceptors (Lipinski definition) is 3. The Balaban J connectivity index is 0.000001000. The van der Waals surface area contributed by atoms with Gasteiger partial charge in [0.05, 0.1) is 4.58 Å². The largest absolute Gasteiger partial charge is 0.326 e. The van der Waals surface area contributed by atoms with Gasteiger partial charge in [-0.25, -0.2) is 0 Å². The predicted octanol–water partition coefficient (Wildman–Crippen LogP) is 3.61. The van der Waals surface area contributed by atoms with Gasteiger partial charge in [-0.05, 0) is 61.7 Å². The van der Waals surface area contributed by atoms with Crippen LogP contribution in [0.3, 0.4) is 0 Å². The van der Waals surface area contributed by atoms with Crippen molar-refractivity contribution < 1.29 is 0 Å². The first kappa shape index (κ1) is 13.9. The van der Waals surface area contributed by atoms with E-state index in [9.17, 15) is 0 Å². The molecule has 5 fully saturated rings. The fourth-order valence-electron chi connectivity index (χ4n) is 5.17. The van der Waals surface area contributed by atoms with Gasteiger partial charge >= 0.3 is 0 Å². The molecule has 0 aromatic rings. The summed E-state index contributed by atoms with van der Waals surface area (Å²) in [5, 5.41) is 0. The summed E-state index contributed by atoms with van der Waals surface area (Å²) in [4.78, 5) is 0. The molecule has 104 valence electrons. The second-order valence-electron chi connectivity index (χ2n) is 6.80. The Bertz CT molecular complexity index is 276. The van der Waals surface area contributed by atoms with Gasteiger partial charge in [0.25, 0.3) is 0 Å². The molecule has 5 aliphatic rings. The maximum absolute atomic E-state index is 6.03. The van der Waals surface area contributed by atoms with Crippen molar-refractivity contribution in [3.8, 4) is 0 Å². The highest BCUT2D eigenvalue weighted by atomic mass is 35.5. The monoisotopic (exact) mass is 305 g/mol. The van der Waals surface area contributed by atoms with E-state index in [1.165, 1.54) is 11.5 Å². The van der Waals surface area contributed by atoms with Crippen LogP contribution in [0.4, 0.5) is 0 Å². The lowest BCUT2D eigenvalue weighted by molar-refractivity contribution is -0.0293. The standard InChI is InChI=1S/C14H23NS2.ClH/c15-12-6-16-14(17-7-12)13-10-2-8-1-9(4-10)5-11(13)3-8;/h8-14H,1-7,15H2;1H. The summed E-state index contributed by atoms with van der Waals surface area (Å²) < 4.78 is 0.893. The van der Waals surface area contributed by atoms with E-state index in [4.69, 9.17) is 5.73 Å². The van der Waals surface area contributed by atoms with Crippen molar-refractivity contribution in [1.29, 1.82) is 0 Å². The summed E-state index contributed by atoms with van der Waals surface area (Å²) in [7, 11) is 0. The molecule has 1 nitrogen and oxygen atoms in total. The van der Waals surface area contributed by atoms with Gasteiger partial charge < -0.3 is 5.73 Å². The summed E-state index contributed by atoms with van der Waals surface area (Å²) in [6.07, 6.45) is 7.86. The maximum Gasteiger partial charge on any atom is 0.0537 e. The summed E-state index contributed by atoms with van der Waals surface area (Å²) >= 11 is 4.38. The summed E-state index contributed by atoms with van der Waals surface area (Å²) in [6, 6.07) is 0.457. The molecule has 1 saturated heterocycles. The van der Waals surface area contributed by atoms with Crippen molar-refractivity contribution in [1.82, 2.24) is 0 Å². The van der Waals surface area contributed by atoms with Gasteiger partial charge in [-0.15, -0.1) is 35.9 Å². The van der Waals surface area contributed by atoms with Crippen LogP contribution in [-0.2, 0) is 0 Å². The molecule has 0 spiro atoms. The Kier molecular flexibility index (Phi) is 4.16. The molecule has 1 aliphatic heterocycles. The molecule has 4 bridgehead atoms. The Morgan fingerprint density at radius 3 is 1.78 bits per heavy atom. The molecular weight excluding hydrogens is 282 g/mol. The Morgan fingerprint density at radius 1 is 0.778 bits per heavy atom. The summed E-state index contributed by atoms with van der Waals surface area (Å²) in [5.74, 6) is 7.88. The van der Waals surface area contributed by atoms with Crippen molar-refractivity contribution in [2.24, 2.45) is 35.3 Å². The van der Waals surface area contributed by atoms with Crippen LogP contribution in [0.25, 0.3) is 0 Å². The van der Waals surface area contributed by atoms with Crippen LogP contribution in [0, 0.1) is 29.6 Å². The van der Waals surface area contributed by atoms with Crippen LogP contribution in [0.1, 0.15) is 32.1 Å². The van der Waals surface area contributed by atoms with Gasteiger partial charge in [0.1, 0.15) is 0 Å². The normalized spacial score (nSPS) is 54.2. The lowest BCUT2D eigenvalue weighted by atomic mass is 9.52. The first-order chi connectivity index (χ1) is 8.29. The van der Waals surface area contributed by atoms with Crippen LogP contribution >= 0.6 is 35.9 Å². The van der Waals surface area contributed by atoms with E-state index in [0.29, 0.717) is 6.04 Å². The van der Waals surface area contributed by atoms with E-state index in [1.807, 2.05) is 0 Å². The maximum atomic E-state index is 6.03. The van der Waals surface area contributed by atoms with Crippen molar-refractivity contribution in [2.75, 3.05) is 11.5 Å². The minimum absolute atomic E-state index is 0. The second-order valence-corrected chi connectivity index (χ2v) is 9.45. The van der Waals surface area contributed by atoms with Crippen LogP contribution in [0.2, 0.25) is 0 Å². The molecule has 4 saturated carbocycles. The zero-order valence-corrected chi connectivity index (χ0v) is 13.2. The number of nitrogens with two attached hydrogens (primary N) is 1. The number of thioether (sulfide) groups is 2. The number of halogens is 1. The predicted molar refractivity (Wildman–Crippen MR) is 84.5 cm³/mol. The third-order valence-corrected chi connectivity index (χ3v) is 8.91. The third-order valence-electron chi connectivity index (χ3n) is 5.56.